The molecule has 0 bridgehead atoms. The smallest absolute Gasteiger partial charge is 0.161 e. The summed E-state index contributed by atoms with van der Waals surface area (Å²) in [5, 5.41) is 10.5. The Balaban J connectivity index is 1.59. The highest BCUT2D eigenvalue weighted by Crippen LogP contribution is 2.33. The summed E-state index contributed by atoms with van der Waals surface area (Å²) in [6.07, 6.45) is 3.36. The zero-order chi connectivity index (χ0) is 14.7. The Bertz CT molecular complexity index is 477. The second-order valence-electron chi connectivity index (χ2n) is 6.12. The van der Waals surface area contributed by atoms with Gasteiger partial charge in [-0.2, -0.15) is 0 Å². The normalized spacial score (nSPS) is 23.2. The Kier molecular flexibility index (Phi) is 4.66. The fourth-order valence-electron chi connectivity index (χ4n) is 3.34. The van der Waals surface area contributed by atoms with E-state index in [-0.39, 0.29) is 0 Å². The van der Waals surface area contributed by atoms with Crippen molar-refractivity contribution in [3.05, 3.63) is 23.8 Å². The highest BCUT2D eigenvalue weighted by molar-refractivity contribution is 5.44. The molecule has 2 unspecified atom stereocenters. The first-order valence-corrected chi connectivity index (χ1v) is 8.06. The van der Waals surface area contributed by atoms with E-state index in [9.17, 15) is 5.11 Å². The number of benzene rings is 1. The molecule has 0 saturated carbocycles. The molecule has 0 radical (unpaired) electrons. The Morgan fingerprint density at radius 1 is 1.29 bits per heavy atom. The maximum Gasteiger partial charge on any atom is 0.161 e. The van der Waals surface area contributed by atoms with E-state index in [1.165, 1.54) is 19.3 Å². The van der Waals surface area contributed by atoms with Gasteiger partial charge < -0.3 is 19.5 Å². The van der Waals surface area contributed by atoms with E-state index in [1.54, 1.807) is 0 Å². The van der Waals surface area contributed by atoms with Gasteiger partial charge >= 0.3 is 0 Å². The van der Waals surface area contributed by atoms with Crippen molar-refractivity contribution >= 4 is 0 Å². The molecule has 1 aromatic carbocycles. The summed E-state index contributed by atoms with van der Waals surface area (Å²) in [4.78, 5) is 2.38. The molecule has 3 rings (SSSR count). The van der Waals surface area contributed by atoms with Crippen LogP contribution in [0.2, 0.25) is 0 Å². The maximum absolute atomic E-state index is 10.5. The highest BCUT2D eigenvalue weighted by Gasteiger charge is 2.24. The zero-order valence-corrected chi connectivity index (χ0v) is 12.8. The molecular formula is C17H25NO3. The van der Waals surface area contributed by atoms with E-state index in [0.29, 0.717) is 19.8 Å². The van der Waals surface area contributed by atoms with Gasteiger partial charge in [0.1, 0.15) is 13.2 Å². The number of β-amino-alcohol motifs (C(OH)–C–C–N with tert-alkyl or cyclic N) is 1. The first-order valence-electron chi connectivity index (χ1n) is 8.06. The molecule has 2 heterocycles. The summed E-state index contributed by atoms with van der Waals surface area (Å²) in [7, 11) is 0. The number of hydrogen-bond donors (Lipinski definition) is 1. The van der Waals surface area contributed by atoms with Crippen LogP contribution in [0.4, 0.5) is 0 Å². The second kappa shape index (κ2) is 6.67. The molecule has 1 fully saturated rings. The molecule has 1 aromatic rings. The first-order chi connectivity index (χ1) is 10.3. The molecule has 1 N–H and O–H groups in total. The van der Waals surface area contributed by atoms with Crippen LogP contribution >= 0.6 is 0 Å². The van der Waals surface area contributed by atoms with Crippen molar-refractivity contribution in [3.63, 3.8) is 0 Å². The van der Waals surface area contributed by atoms with Crippen LogP contribution in [0.25, 0.3) is 0 Å². The van der Waals surface area contributed by atoms with Crippen LogP contribution in [0.15, 0.2) is 18.2 Å². The lowest BCUT2D eigenvalue weighted by molar-refractivity contribution is 0.122. The van der Waals surface area contributed by atoms with Crippen LogP contribution in [0.1, 0.15) is 37.9 Å². The molecular weight excluding hydrogens is 266 g/mol. The molecule has 0 amide bonds. The maximum atomic E-state index is 10.5. The fraction of sp³-hybridized carbons (Fsp3) is 0.647. The van der Waals surface area contributed by atoms with E-state index >= 15 is 0 Å². The third-order valence-corrected chi connectivity index (χ3v) is 4.45. The lowest BCUT2D eigenvalue weighted by atomic mass is 10.0. The largest absolute Gasteiger partial charge is 0.486 e. The summed E-state index contributed by atoms with van der Waals surface area (Å²) in [6, 6.07) is 5.76. The van der Waals surface area contributed by atoms with Gasteiger partial charge in [-0.15, -0.1) is 0 Å². The van der Waals surface area contributed by atoms with Crippen LogP contribution < -0.4 is 9.47 Å². The van der Waals surface area contributed by atoms with Crippen molar-refractivity contribution in [2.24, 2.45) is 5.92 Å². The van der Waals surface area contributed by atoms with E-state index in [1.807, 2.05) is 18.2 Å². The van der Waals surface area contributed by atoms with Crippen molar-refractivity contribution in [3.8, 4) is 11.5 Å². The minimum absolute atomic E-state index is 0.457. The van der Waals surface area contributed by atoms with Crippen LogP contribution in [-0.4, -0.2) is 42.9 Å². The fourth-order valence-corrected chi connectivity index (χ4v) is 3.34. The third kappa shape index (κ3) is 3.50. The van der Waals surface area contributed by atoms with Gasteiger partial charge in [-0.3, -0.25) is 0 Å². The minimum atomic E-state index is -0.457. The predicted octanol–water partition coefficient (Wildman–Crippen LogP) is 2.61. The number of aliphatic hydroxyl groups is 1. The van der Waals surface area contributed by atoms with Crippen molar-refractivity contribution in [1.82, 2.24) is 4.90 Å². The van der Waals surface area contributed by atoms with Gasteiger partial charge in [-0.1, -0.05) is 19.4 Å². The van der Waals surface area contributed by atoms with Crippen molar-refractivity contribution in [2.75, 3.05) is 32.8 Å². The molecule has 21 heavy (non-hydrogen) atoms. The lowest BCUT2D eigenvalue weighted by Gasteiger charge is -2.23. The third-order valence-electron chi connectivity index (χ3n) is 4.45. The van der Waals surface area contributed by atoms with E-state index in [2.05, 4.69) is 11.8 Å². The predicted molar refractivity (Wildman–Crippen MR) is 81.8 cm³/mol. The zero-order valence-electron chi connectivity index (χ0n) is 12.8. The van der Waals surface area contributed by atoms with E-state index in [4.69, 9.17) is 9.47 Å². The molecule has 116 valence electrons. The molecule has 2 atom stereocenters. The minimum Gasteiger partial charge on any atom is -0.486 e. The molecule has 1 saturated heterocycles. The Morgan fingerprint density at radius 2 is 2.10 bits per heavy atom. The van der Waals surface area contributed by atoms with Crippen molar-refractivity contribution in [2.45, 2.75) is 32.3 Å². The summed E-state index contributed by atoms with van der Waals surface area (Å²) in [6.45, 7) is 6.35. The van der Waals surface area contributed by atoms with Crippen LogP contribution in [0, 0.1) is 5.92 Å². The van der Waals surface area contributed by atoms with Crippen LogP contribution in [0.3, 0.4) is 0 Å². The van der Waals surface area contributed by atoms with E-state index in [0.717, 1.165) is 36.1 Å². The summed E-state index contributed by atoms with van der Waals surface area (Å²) in [5.74, 6) is 2.34. The molecule has 2 aliphatic heterocycles. The number of nitrogens with zero attached hydrogens (tertiary/aromatic N) is 1. The Labute approximate surface area is 126 Å². The van der Waals surface area contributed by atoms with Gasteiger partial charge in [0.05, 0.1) is 6.10 Å². The van der Waals surface area contributed by atoms with Crippen LogP contribution in [0.5, 0.6) is 11.5 Å². The monoisotopic (exact) mass is 291 g/mol. The van der Waals surface area contributed by atoms with Crippen LogP contribution in [-0.2, 0) is 0 Å². The number of hydrogen-bond acceptors (Lipinski definition) is 4. The number of likely N-dealkylation sites (tertiary alicyclic amines) is 1. The standard InChI is InChI=1S/C17H25NO3/c1-2-3-13-6-7-18(11-13)12-15(19)14-4-5-16-17(10-14)21-9-8-20-16/h4-5,10,13,15,19H,2-3,6-9,11-12H2,1H3. The summed E-state index contributed by atoms with van der Waals surface area (Å²) < 4.78 is 11.1. The Morgan fingerprint density at radius 3 is 2.90 bits per heavy atom. The van der Waals surface area contributed by atoms with Gasteiger partial charge in [-0.05, 0) is 43.0 Å². The SMILES string of the molecule is CCCC1CCN(CC(O)c2ccc3c(c2)OCCO3)C1. The molecule has 2 aliphatic rings. The second-order valence-corrected chi connectivity index (χ2v) is 6.12. The molecule has 0 aliphatic carbocycles. The van der Waals surface area contributed by atoms with Gasteiger partial charge in [0.25, 0.3) is 0 Å². The highest BCUT2D eigenvalue weighted by atomic mass is 16.6. The van der Waals surface area contributed by atoms with Gasteiger partial charge in [0.15, 0.2) is 11.5 Å². The summed E-state index contributed by atoms with van der Waals surface area (Å²) >= 11 is 0. The average molecular weight is 291 g/mol. The molecule has 4 nitrogen and oxygen atoms in total. The first kappa shape index (κ1) is 14.7. The quantitative estimate of drug-likeness (QED) is 0.905. The molecule has 0 spiro atoms. The average Bonchev–Trinajstić information content (AvgIpc) is 2.94. The lowest BCUT2D eigenvalue weighted by Crippen LogP contribution is -2.26. The number of rotatable bonds is 5. The molecule has 0 aromatic heterocycles. The van der Waals surface area contributed by atoms with Crippen molar-refractivity contribution < 1.29 is 14.6 Å². The number of aliphatic hydroxyl groups excluding tert-OH is 1. The van der Waals surface area contributed by atoms with Gasteiger partial charge in [0.2, 0.25) is 0 Å². The number of ether oxygens (including phenoxy) is 2. The van der Waals surface area contributed by atoms with Gasteiger partial charge in [0, 0.05) is 13.1 Å². The van der Waals surface area contributed by atoms with Gasteiger partial charge in [-0.25, -0.2) is 0 Å². The topological polar surface area (TPSA) is 41.9 Å². The summed E-state index contributed by atoms with van der Waals surface area (Å²) in [5.41, 5.74) is 0.915. The molecule has 4 heteroatoms. The van der Waals surface area contributed by atoms with E-state index < -0.39 is 6.10 Å². The van der Waals surface area contributed by atoms with Crippen molar-refractivity contribution in [1.29, 1.82) is 0 Å². The Hall–Kier alpha value is -1.26. The number of fused-ring (bicyclic) bond motifs is 1.